The first-order valence-electron chi connectivity index (χ1n) is 8.25. The quantitative estimate of drug-likeness (QED) is 0.781. The molecule has 7 nitrogen and oxygen atoms in total. The second kappa shape index (κ2) is 7.33. The van der Waals surface area contributed by atoms with E-state index < -0.39 is 11.5 Å². The van der Waals surface area contributed by atoms with E-state index in [0.29, 0.717) is 11.6 Å². The van der Waals surface area contributed by atoms with Crippen LogP contribution in [0.2, 0.25) is 0 Å². The van der Waals surface area contributed by atoms with Crippen molar-refractivity contribution in [2.45, 2.75) is 45.4 Å². The van der Waals surface area contributed by atoms with Crippen molar-refractivity contribution in [3.63, 3.8) is 0 Å². The van der Waals surface area contributed by atoms with Crippen LogP contribution in [-0.4, -0.2) is 50.4 Å². The van der Waals surface area contributed by atoms with Gasteiger partial charge < -0.3 is 10.8 Å². The molecule has 136 valence electrons. The van der Waals surface area contributed by atoms with Crippen molar-refractivity contribution in [3.8, 4) is 0 Å². The number of aliphatic hydroxyl groups is 1. The van der Waals surface area contributed by atoms with Crippen LogP contribution in [0.5, 0.6) is 0 Å². The number of amides is 1. The third-order valence-corrected chi connectivity index (χ3v) is 3.86. The normalized spacial score (nSPS) is 13.2. The number of nitrogens with zero attached hydrogens (tertiary/aromatic N) is 4. The first-order chi connectivity index (χ1) is 11.6. The molecule has 7 heteroatoms. The number of rotatable bonds is 7. The Morgan fingerprint density at radius 2 is 2.00 bits per heavy atom. The molecule has 25 heavy (non-hydrogen) atoms. The van der Waals surface area contributed by atoms with Crippen LogP contribution in [0.15, 0.2) is 24.3 Å². The molecule has 1 amide bonds. The van der Waals surface area contributed by atoms with E-state index in [9.17, 15) is 9.90 Å². The lowest BCUT2D eigenvalue weighted by Crippen LogP contribution is -2.31. The molecule has 0 aliphatic rings. The summed E-state index contributed by atoms with van der Waals surface area (Å²) in [5.41, 5.74) is 6.57. The molecule has 2 aromatic rings. The van der Waals surface area contributed by atoms with Gasteiger partial charge in [0.15, 0.2) is 5.82 Å². The second-order valence-corrected chi connectivity index (χ2v) is 7.22. The van der Waals surface area contributed by atoms with Crippen molar-refractivity contribution < 1.29 is 9.90 Å². The van der Waals surface area contributed by atoms with Crippen molar-refractivity contribution in [1.82, 2.24) is 19.7 Å². The Balaban J connectivity index is 2.57. The van der Waals surface area contributed by atoms with Gasteiger partial charge in [0.1, 0.15) is 5.82 Å². The molecule has 1 unspecified atom stereocenters. The standard InChI is InChI=1S/C18H27N5O2/c1-12-8-6-7-9-13(12)16(22(4)5)17-20-15(10-14(19)24)21-23(17)11-18(2,3)25/h6-9,16,25H,10-11H2,1-5H3,(H2,19,24). The fourth-order valence-electron chi connectivity index (χ4n) is 2.86. The highest BCUT2D eigenvalue weighted by atomic mass is 16.3. The molecule has 0 saturated carbocycles. The minimum Gasteiger partial charge on any atom is -0.389 e. The Kier molecular flexibility index (Phi) is 5.59. The predicted octanol–water partition coefficient (Wildman–Crippen LogP) is 1.04. The van der Waals surface area contributed by atoms with E-state index in [-0.39, 0.29) is 19.0 Å². The molecule has 0 aliphatic heterocycles. The van der Waals surface area contributed by atoms with E-state index in [2.05, 4.69) is 16.1 Å². The monoisotopic (exact) mass is 345 g/mol. The lowest BCUT2D eigenvalue weighted by Gasteiger charge is -2.27. The molecule has 0 fully saturated rings. The van der Waals surface area contributed by atoms with Crippen molar-refractivity contribution in [3.05, 3.63) is 47.0 Å². The van der Waals surface area contributed by atoms with Gasteiger partial charge in [-0.2, -0.15) is 5.10 Å². The zero-order chi connectivity index (χ0) is 18.8. The smallest absolute Gasteiger partial charge is 0.225 e. The van der Waals surface area contributed by atoms with Gasteiger partial charge in [-0.05, 0) is 46.0 Å². The van der Waals surface area contributed by atoms with Gasteiger partial charge in [-0.25, -0.2) is 9.67 Å². The van der Waals surface area contributed by atoms with Gasteiger partial charge in [0.2, 0.25) is 5.91 Å². The van der Waals surface area contributed by atoms with Crippen LogP contribution in [0.4, 0.5) is 0 Å². The number of aromatic nitrogens is 3. The Morgan fingerprint density at radius 3 is 2.52 bits per heavy atom. The van der Waals surface area contributed by atoms with Crippen LogP contribution in [-0.2, 0) is 17.8 Å². The molecule has 1 heterocycles. The molecular weight excluding hydrogens is 318 g/mol. The molecule has 1 aromatic carbocycles. The summed E-state index contributed by atoms with van der Waals surface area (Å²) in [6, 6.07) is 7.92. The van der Waals surface area contributed by atoms with Gasteiger partial charge in [0.25, 0.3) is 0 Å². The van der Waals surface area contributed by atoms with Crippen molar-refractivity contribution in [2.75, 3.05) is 14.1 Å². The fraction of sp³-hybridized carbons (Fsp3) is 0.500. The Labute approximate surface area is 148 Å². The van der Waals surface area contributed by atoms with Gasteiger partial charge in [-0.15, -0.1) is 0 Å². The van der Waals surface area contributed by atoms with Crippen LogP contribution in [0.1, 0.15) is 42.7 Å². The van der Waals surface area contributed by atoms with E-state index in [0.717, 1.165) is 11.1 Å². The van der Waals surface area contributed by atoms with Gasteiger partial charge in [0.05, 0.1) is 24.6 Å². The molecule has 0 bridgehead atoms. The largest absolute Gasteiger partial charge is 0.389 e. The predicted molar refractivity (Wildman–Crippen MR) is 95.9 cm³/mol. The topological polar surface area (TPSA) is 97.3 Å². The fourth-order valence-corrected chi connectivity index (χ4v) is 2.86. The first-order valence-corrected chi connectivity index (χ1v) is 8.25. The van der Waals surface area contributed by atoms with E-state index in [1.54, 1.807) is 18.5 Å². The maximum atomic E-state index is 11.3. The highest BCUT2D eigenvalue weighted by Gasteiger charge is 2.28. The molecule has 1 atom stereocenters. The number of nitrogens with two attached hydrogens (primary N) is 1. The average Bonchev–Trinajstić information content (AvgIpc) is 2.80. The number of benzene rings is 1. The third kappa shape index (κ3) is 4.87. The molecule has 3 N–H and O–H groups in total. The summed E-state index contributed by atoms with van der Waals surface area (Å²) in [5.74, 6) is 0.564. The summed E-state index contributed by atoms with van der Waals surface area (Å²) < 4.78 is 1.68. The maximum Gasteiger partial charge on any atom is 0.225 e. The van der Waals surface area contributed by atoms with Crippen LogP contribution in [0.25, 0.3) is 0 Å². The molecular formula is C18H27N5O2. The third-order valence-electron chi connectivity index (χ3n) is 3.86. The minimum absolute atomic E-state index is 0.0280. The number of hydrogen-bond donors (Lipinski definition) is 2. The summed E-state index contributed by atoms with van der Waals surface area (Å²) in [6.07, 6.45) is -0.0280. The van der Waals surface area contributed by atoms with Gasteiger partial charge in [0, 0.05) is 0 Å². The average molecular weight is 345 g/mol. The number of carbonyl (C=O) groups excluding carboxylic acids is 1. The summed E-state index contributed by atoms with van der Waals surface area (Å²) in [4.78, 5) is 17.9. The molecule has 0 aliphatic carbocycles. The molecule has 2 rings (SSSR count). The van der Waals surface area contributed by atoms with Crippen LogP contribution < -0.4 is 5.73 Å². The number of primary amides is 1. The van der Waals surface area contributed by atoms with E-state index in [1.165, 1.54) is 0 Å². The summed E-state index contributed by atoms with van der Waals surface area (Å²) in [7, 11) is 3.93. The molecule has 0 saturated heterocycles. The van der Waals surface area contributed by atoms with Crippen LogP contribution in [0.3, 0.4) is 0 Å². The van der Waals surface area contributed by atoms with E-state index in [4.69, 9.17) is 5.73 Å². The Bertz CT molecular complexity index is 746. The Hall–Kier alpha value is -2.25. The highest BCUT2D eigenvalue weighted by Crippen LogP contribution is 2.28. The SMILES string of the molecule is Cc1ccccc1C(c1nc(CC(N)=O)nn1CC(C)(C)O)N(C)C. The van der Waals surface area contributed by atoms with Crippen molar-refractivity contribution in [2.24, 2.45) is 5.73 Å². The maximum absolute atomic E-state index is 11.3. The van der Waals surface area contributed by atoms with E-state index >= 15 is 0 Å². The summed E-state index contributed by atoms with van der Waals surface area (Å²) in [5, 5.41) is 14.7. The summed E-state index contributed by atoms with van der Waals surface area (Å²) >= 11 is 0. The number of aryl methyl sites for hydroxylation is 1. The van der Waals surface area contributed by atoms with E-state index in [1.807, 2.05) is 44.1 Å². The van der Waals surface area contributed by atoms with Crippen molar-refractivity contribution >= 4 is 5.91 Å². The highest BCUT2D eigenvalue weighted by molar-refractivity contribution is 5.75. The minimum atomic E-state index is -0.963. The molecule has 0 spiro atoms. The van der Waals surface area contributed by atoms with Gasteiger partial charge in [-0.3, -0.25) is 9.69 Å². The van der Waals surface area contributed by atoms with Crippen LogP contribution in [0, 0.1) is 6.92 Å². The lowest BCUT2D eigenvalue weighted by atomic mass is 9.99. The van der Waals surface area contributed by atoms with Crippen LogP contribution >= 0.6 is 0 Å². The Morgan fingerprint density at radius 1 is 1.36 bits per heavy atom. The zero-order valence-corrected chi connectivity index (χ0v) is 15.5. The molecule has 1 aromatic heterocycles. The number of hydrogen-bond acceptors (Lipinski definition) is 5. The lowest BCUT2D eigenvalue weighted by molar-refractivity contribution is -0.117. The second-order valence-electron chi connectivity index (χ2n) is 7.22. The first kappa shape index (κ1) is 19.1. The van der Waals surface area contributed by atoms with Crippen molar-refractivity contribution in [1.29, 1.82) is 0 Å². The molecule has 0 radical (unpaired) electrons. The van der Waals surface area contributed by atoms with Gasteiger partial charge >= 0.3 is 0 Å². The van der Waals surface area contributed by atoms with Gasteiger partial charge in [-0.1, -0.05) is 24.3 Å². The zero-order valence-electron chi connectivity index (χ0n) is 15.5. The summed E-state index contributed by atoms with van der Waals surface area (Å²) in [6.45, 7) is 5.74. The number of carbonyl (C=O) groups is 1.